The van der Waals surface area contributed by atoms with E-state index >= 15 is 0 Å². The number of urea groups is 1. The van der Waals surface area contributed by atoms with Gasteiger partial charge >= 0.3 is 12.2 Å². The van der Waals surface area contributed by atoms with Gasteiger partial charge in [0.25, 0.3) is 17.2 Å². The van der Waals surface area contributed by atoms with Crippen molar-refractivity contribution in [2.45, 2.75) is 32.9 Å². The van der Waals surface area contributed by atoms with Crippen molar-refractivity contribution >= 4 is 34.7 Å². The van der Waals surface area contributed by atoms with Crippen LogP contribution in [0.5, 0.6) is 5.75 Å². The molecule has 4 aromatic rings. The van der Waals surface area contributed by atoms with E-state index in [9.17, 15) is 32.7 Å². The second-order valence-electron chi connectivity index (χ2n) is 11.1. The molecule has 5 heterocycles. The molecule has 1 fully saturated rings. The topological polar surface area (TPSA) is 172 Å². The number of fused-ring (bicyclic) bond motifs is 1. The van der Waals surface area contributed by atoms with Crippen molar-refractivity contribution in [2.24, 2.45) is 0 Å². The molecule has 48 heavy (non-hydrogen) atoms. The number of benzene rings is 1. The third kappa shape index (κ3) is 6.25. The molecule has 0 atom stereocenters. The predicted octanol–water partition coefficient (Wildman–Crippen LogP) is 2.82. The number of anilines is 2. The fourth-order valence-corrected chi connectivity index (χ4v) is 5.57. The third-order valence-corrected chi connectivity index (χ3v) is 8.09. The van der Waals surface area contributed by atoms with Gasteiger partial charge in [-0.1, -0.05) is 13.0 Å². The molecule has 3 aromatic heterocycles. The summed E-state index contributed by atoms with van der Waals surface area (Å²) in [4.78, 5) is 56.2. The summed E-state index contributed by atoms with van der Waals surface area (Å²) in [6.07, 6.45) is -0.749. The Hall–Kier alpha value is -5.52. The zero-order valence-corrected chi connectivity index (χ0v) is 25.9. The molecule has 3 N–H and O–H groups in total. The van der Waals surface area contributed by atoms with E-state index in [1.54, 1.807) is 18.7 Å². The molecule has 2 aliphatic rings. The maximum atomic E-state index is 14.1. The minimum atomic E-state index is -4.53. The van der Waals surface area contributed by atoms with Gasteiger partial charge in [0.1, 0.15) is 12.0 Å². The maximum Gasteiger partial charge on any atom is 0.416 e. The molecule has 15 nitrogen and oxygen atoms in total. The van der Waals surface area contributed by atoms with Gasteiger partial charge in [0, 0.05) is 31.9 Å². The van der Waals surface area contributed by atoms with Crippen LogP contribution in [0.3, 0.4) is 0 Å². The number of aryl methyl sites for hydroxylation is 1. The Bertz CT molecular complexity index is 1970. The number of alkyl halides is 3. The average molecular weight is 669 g/mol. The second kappa shape index (κ2) is 12.9. The highest BCUT2D eigenvalue weighted by Crippen LogP contribution is 2.30. The van der Waals surface area contributed by atoms with Crippen LogP contribution >= 0.6 is 0 Å². The fourth-order valence-electron chi connectivity index (χ4n) is 5.57. The summed E-state index contributed by atoms with van der Waals surface area (Å²) in [6, 6.07) is 3.17. The smallest absolute Gasteiger partial charge is 0.416 e. The van der Waals surface area contributed by atoms with Gasteiger partial charge in [0.05, 0.1) is 30.2 Å². The first-order valence-corrected chi connectivity index (χ1v) is 15.1. The molecule has 0 saturated carbocycles. The molecule has 1 aromatic carbocycles. The summed E-state index contributed by atoms with van der Waals surface area (Å²) in [5.74, 6) is -0.472. The van der Waals surface area contributed by atoms with Crippen LogP contribution in [0.25, 0.3) is 11.4 Å². The molecular formula is C30H31F3N10O5. The quantitative estimate of drug-likeness (QED) is 0.278. The van der Waals surface area contributed by atoms with Gasteiger partial charge in [0.15, 0.2) is 17.3 Å². The highest BCUT2D eigenvalue weighted by molar-refractivity contribution is 5.96. The van der Waals surface area contributed by atoms with E-state index in [-0.39, 0.29) is 72.7 Å². The van der Waals surface area contributed by atoms with Crippen LogP contribution in [0.1, 0.15) is 46.6 Å². The van der Waals surface area contributed by atoms with E-state index in [0.717, 1.165) is 34.4 Å². The van der Waals surface area contributed by atoms with Crippen molar-refractivity contribution in [1.29, 1.82) is 0 Å². The maximum absolute atomic E-state index is 14.1. The lowest BCUT2D eigenvalue weighted by Gasteiger charge is -2.36. The van der Waals surface area contributed by atoms with E-state index < -0.39 is 29.2 Å². The Balaban J connectivity index is 1.33. The molecule has 1 saturated heterocycles. The minimum Gasteiger partial charge on any atom is -0.504 e. The predicted molar refractivity (Wildman–Crippen MR) is 166 cm³/mol. The first-order valence-electron chi connectivity index (χ1n) is 15.1. The van der Waals surface area contributed by atoms with Gasteiger partial charge in [-0.05, 0) is 49.6 Å². The van der Waals surface area contributed by atoms with Gasteiger partial charge < -0.3 is 25.0 Å². The van der Waals surface area contributed by atoms with Crippen LogP contribution in [0.15, 0.2) is 41.5 Å². The van der Waals surface area contributed by atoms with E-state index in [1.165, 1.54) is 15.9 Å². The number of hydrogen-bond donors (Lipinski definition) is 3. The molecule has 0 unspecified atom stereocenters. The number of rotatable bonds is 6. The van der Waals surface area contributed by atoms with Crippen LogP contribution < -0.4 is 21.2 Å². The molecule has 252 valence electrons. The summed E-state index contributed by atoms with van der Waals surface area (Å²) in [7, 11) is 0. The Labute approximate surface area is 270 Å². The molecule has 18 heteroatoms. The van der Waals surface area contributed by atoms with Crippen LogP contribution in [-0.4, -0.2) is 90.6 Å². The number of hydrogen-bond acceptors (Lipinski definition) is 10. The summed E-state index contributed by atoms with van der Waals surface area (Å²) >= 11 is 0. The molecule has 3 amide bonds. The number of aromatic nitrogens is 6. The zero-order chi connectivity index (χ0) is 34.2. The molecule has 6 rings (SSSR count). The van der Waals surface area contributed by atoms with Crippen molar-refractivity contribution in [1.82, 2.24) is 34.1 Å². The standard InChI is InChI=1S/C30H31F3N10O5/c1-3-21-23(40-10-12-41(13-11-40)26(45)22-24(44)17(2)34-16-35-22)27(46)43-29(37-25(38-43)18-8-14-48-15-9-18)42(21)39-28(47)36-20-6-4-19(5-7-20)30(31,32)33/h4-8,16,44H,3,9-15H2,1-2H3,(H2,36,39,47). The van der Waals surface area contributed by atoms with Crippen molar-refractivity contribution < 1.29 is 32.6 Å². The van der Waals surface area contributed by atoms with Gasteiger partial charge in [-0.15, -0.1) is 5.10 Å². The van der Waals surface area contributed by atoms with E-state index in [0.29, 0.717) is 25.3 Å². The van der Waals surface area contributed by atoms with Crippen LogP contribution in [0, 0.1) is 6.92 Å². The third-order valence-electron chi connectivity index (χ3n) is 8.09. The number of nitrogens with zero attached hydrogens (tertiary/aromatic N) is 8. The first-order chi connectivity index (χ1) is 23.0. The van der Waals surface area contributed by atoms with Crippen LogP contribution in [0.4, 0.5) is 29.3 Å². The number of halogens is 3. The Kier molecular flexibility index (Phi) is 8.74. The molecule has 0 spiro atoms. The summed E-state index contributed by atoms with van der Waals surface area (Å²) < 4.78 is 46.9. The summed E-state index contributed by atoms with van der Waals surface area (Å²) in [5.41, 5.74) is 2.98. The Morgan fingerprint density at radius 3 is 2.46 bits per heavy atom. The summed E-state index contributed by atoms with van der Waals surface area (Å²) in [5, 5.41) is 17.3. The van der Waals surface area contributed by atoms with Gasteiger partial charge in [-0.2, -0.15) is 22.7 Å². The van der Waals surface area contributed by atoms with Crippen LogP contribution in [-0.2, 0) is 17.3 Å². The zero-order valence-electron chi connectivity index (χ0n) is 25.9. The van der Waals surface area contributed by atoms with Gasteiger partial charge in [-0.3, -0.25) is 9.59 Å². The highest BCUT2D eigenvalue weighted by Gasteiger charge is 2.32. The van der Waals surface area contributed by atoms with E-state index in [4.69, 9.17) is 4.74 Å². The van der Waals surface area contributed by atoms with E-state index in [1.807, 2.05) is 6.08 Å². The molecular weight excluding hydrogens is 637 g/mol. The normalized spacial score (nSPS) is 15.4. The van der Waals surface area contributed by atoms with Gasteiger partial charge in [0.2, 0.25) is 0 Å². The highest BCUT2D eigenvalue weighted by atomic mass is 19.4. The van der Waals surface area contributed by atoms with Crippen molar-refractivity contribution in [2.75, 3.05) is 55.0 Å². The lowest BCUT2D eigenvalue weighted by molar-refractivity contribution is -0.137. The van der Waals surface area contributed by atoms with E-state index in [2.05, 4.69) is 30.8 Å². The van der Waals surface area contributed by atoms with Crippen LogP contribution in [0.2, 0.25) is 0 Å². The molecule has 0 bridgehead atoms. The van der Waals surface area contributed by atoms with Crippen molar-refractivity contribution in [3.8, 4) is 5.75 Å². The van der Waals surface area contributed by atoms with Crippen molar-refractivity contribution in [3.05, 3.63) is 75.5 Å². The second-order valence-corrected chi connectivity index (χ2v) is 11.1. The monoisotopic (exact) mass is 668 g/mol. The summed E-state index contributed by atoms with van der Waals surface area (Å²) in [6.45, 7) is 4.99. The lowest BCUT2D eigenvalue weighted by atomic mass is 10.1. The fraction of sp³-hybridized carbons (Fsp3) is 0.367. The average Bonchev–Trinajstić information content (AvgIpc) is 3.53. The number of amides is 3. The number of carbonyl (C=O) groups is 2. The number of nitrogens with one attached hydrogen (secondary N) is 2. The Morgan fingerprint density at radius 1 is 1.08 bits per heavy atom. The number of aromatic hydroxyl groups is 1. The molecule has 2 aliphatic heterocycles. The lowest BCUT2D eigenvalue weighted by Crippen LogP contribution is -2.51. The molecule has 0 aliphatic carbocycles. The minimum absolute atomic E-state index is 0.0222. The first kappa shape index (κ1) is 32.4. The largest absolute Gasteiger partial charge is 0.504 e. The number of carbonyl (C=O) groups excluding carboxylic acids is 2. The van der Waals surface area contributed by atoms with Gasteiger partial charge in [-0.25, -0.2) is 24.9 Å². The molecule has 0 radical (unpaired) electrons. The Morgan fingerprint density at radius 2 is 1.81 bits per heavy atom. The number of piperazine rings is 1. The SMILES string of the molecule is CCc1c(N2CCN(C(=O)c3ncnc(C)c3O)CC2)c(=O)n2nc(C3=CCOCC3)nc2n1NC(=O)Nc1ccc(C(F)(F)F)cc1. The number of ether oxygens (including phenoxy) is 1. The van der Waals surface area contributed by atoms with Crippen molar-refractivity contribution in [3.63, 3.8) is 0 Å².